The van der Waals surface area contributed by atoms with Crippen molar-refractivity contribution in [2.24, 2.45) is 0 Å². The number of anilines is 2. The average Bonchev–Trinajstić information content (AvgIpc) is 3.40. The van der Waals surface area contributed by atoms with Crippen molar-refractivity contribution < 1.29 is 18.0 Å². The van der Waals surface area contributed by atoms with Gasteiger partial charge in [0.15, 0.2) is 5.13 Å². The van der Waals surface area contributed by atoms with E-state index in [0.717, 1.165) is 42.5 Å². The molecule has 0 radical (unpaired) electrons. The van der Waals surface area contributed by atoms with Crippen molar-refractivity contribution in [3.8, 4) is 5.69 Å². The minimum atomic E-state index is -4.56. The Kier molecular flexibility index (Phi) is 5.08. The number of hydrogen-bond donors (Lipinski definition) is 2. The molecule has 2 aromatic carbocycles. The first kappa shape index (κ1) is 23.7. The van der Waals surface area contributed by atoms with Gasteiger partial charge in [-0.1, -0.05) is 6.07 Å². The zero-order valence-corrected chi connectivity index (χ0v) is 21.0. The molecule has 0 atom stereocenters. The summed E-state index contributed by atoms with van der Waals surface area (Å²) in [6.45, 7) is 3.78. The summed E-state index contributed by atoms with van der Waals surface area (Å²) in [6.07, 6.45) is 3.32. The number of amides is 1. The lowest BCUT2D eigenvalue weighted by Gasteiger charge is -2.71. The molecule has 2 bridgehead atoms. The Morgan fingerprint density at radius 2 is 1.84 bits per heavy atom. The Balaban J connectivity index is 1.26. The molecule has 0 spiro atoms. The average molecular weight is 524 g/mol. The fraction of sp³-hybridized carbons (Fsp3) is 0.296. The second-order valence-electron chi connectivity index (χ2n) is 10.3. The number of carbonyl (C=O) groups excluding carboxylic acids is 1. The summed E-state index contributed by atoms with van der Waals surface area (Å²) in [7, 11) is 0. The van der Waals surface area contributed by atoms with Crippen LogP contribution in [0.15, 0.2) is 55.1 Å². The van der Waals surface area contributed by atoms with Crippen LogP contribution in [-0.2, 0) is 17.0 Å². The molecule has 10 heteroatoms. The zero-order chi connectivity index (χ0) is 26.2. The fourth-order valence-electron chi connectivity index (χ4n) is 5.96. The molecule has 0 aliphatic heterocycles. The van der Waals surface area contributed by atoms with Gasteiger partial charge in [-0.2, -0.15) is 13.2 Å². The first-order chi connectivity index (χ1) is 17.5. The molecule has 190 valence electrons. The van der Waals surface area contributed by atoms with Gasteiger partial charge >= 0.3 is 6.18 Å². The Morgan fingerprint density at radius 1 is 1.08 bits per heavy atom. The highest BCUT2D eigenvalue weighted by Crippen LogP contribution is 2.74. The zero-order valence-electron chi connectivity index (χ0n) is 20.2. The quantitative estimate of drug-likeness (QED) is 0.328. The number of hydrogen-bond acceptors (Lipinski definition) is 5. The number of halogens is 3. The van der Waals surface area contributed by atoms with Crippen LogP contribution in [0, 0.1) is 13.8 Å². The third-order valence-corrected chi connectivity index (χ3v) is 8.73. The second kappa shape index (κ2) is 7.92. The number of benzene rings is 2. The van der Waals surface area contributed by atoms with E-state index in [0.29, 0.717) is 16.4 Å². The van der Waals surface area contributed by atoms with Gasteiger partial charge in [-0.05, 0) is 80.0 Å². The number of aromatic nitrogens is 3. The van der Waals surface area contributed by atoms with E-state index in [1.54, 1.807) is 19.2 Å². The number of aryl methyl sites for hydroxylation is 2. The van der Waals surface area contributed by atoms with Gasteiger partial charge < -0.3 is 15.6 Å². The molecule has 7 rings (SSSR count). The Morgan fingerprint density at radius 3 is 2.46 bits per heavy atom. The van der Waals surface area contributed by atoms with Gasteiger partial charge in [-0.3, -0.25) is 4.79 Å². The van der Waals surface area contributed by atoms with E-state index in [9.17, 15) is 18.0 Å². The predicted molar refractivity (Wildman–Crippen MR) is 136 cm³/mol. The van der Waals surface area contributed by atoms with Gasteiger partial charge in [0, 0.05) is 39.6 Å². The molecule has 0 saturated heterocycles. The van der Waals surface area contributed by atoms with Crippen molar-refractivity contribution in [3.63, 3.8) is 0 Å². The minimum absolute atomic E-state index is 0.0157. The SMILES string of the molecule is Cc1cn(-c2cc(NC(=O)c3ccc(C)c(C45CC(c6cnc(N)s6)(C4)C5)c3)cc(C(F)(F)F)c2)cn1. The summed E-state index contributed by atoms with van der Waals surface area (Å²) >= 11 is 1.54. The molecule has 37 heavy (non-hydrogen) atoms. The normalized spacial score (nSPS) is 22.3. The van der Waals surface area contributed by atoms with Crippen LogP contribution in [0.2, 0.25) is 0 Å². The molecule has 3 aliphatic carbocycles. The number of nitrogens with two attached hydrogens (primary N) is 1. The summed E-state index contributed by atoms with van der Waals surface area (Å²) in [5, 5.41) is 3.25. The lowest BCUT2D eigenvalue weighted by atomic mass is 9.33. The van der Waals surface area contributed by atoms with Crippen molar-refractivity contribution >= 4 is 28.1 Å². The maximum absolute atomic E-state index is 13.6. The van der Waals surface area contributed by atoms with Crippen LogP contribution >= 0.6 is 11.3 Å². The van der Waals surface area contributed by atoms with Crippen molar-refractivity contribution in [3.05, 3.63) is 87.9 Å². The molecule has 3 aliphatic rings. The van der Waals surface area contributed by atoms with E-state index < -0.39 is 17.6 Å². The first-order valence-corrected chi connectivity index (χ1v) is 12.7. The number of nitrogens with one attached hydrogen (secondary N) is 1. The number of carbonyl (C=O) groups is 1. The second-order valence-corrected chi connectivity index (χ2v) is 11.4. The third-order valence-electron chi connectivity index (χ3n) is 7.66. The fourth-order valence-corrected chi connectivity index (χ4v) is 6.83. The molecule has 2 heterocycles. The largest absolute Gasteiger partial charge is 0.416 e. The molecule has 0 unspecified atom stereocenters. The van der Waals surface area contributed by atoms with E-state index in [1.165, 1.54) is 33.2 Å². The molecule has 3 saturated carbocycles. The van der Waals surface area contributed by atoms with E-state index in [2.05, 4.69) is 15.3 Å². The van der Waals surface area contributed by atoms with Gasteiger partial charge in [0.2, 0.25) is 0 Å². The van der Waals surface area contributed by atoms with Crippen molar-refractivity contribution in [1.82, 2.24) is 14.5 Å². The summed E-state index contributed by atoms with van der Waals surface area (Å²) in [5.41, 5.74) is 8.76. The van der Waals surface area contributed by atoms with Crippen molar-refractivity contribution in [1.29, 1.82) is 0 Å². The van der Waals surface area contributed by atoms with Crippen LogP contribution in [0.25, 0.3) is 5.69 Å². The highest BCUT2D eigenvalue weighted by atomic mass is 32.1. The number of imidazole rings is 1. The van der Waals surface area contributed by atoms with Crippen molar-refractivity contribution in [2.75, 3.05) is 11.1 Å². The van der Waals surface area contributed by atoms with Gasteiger partial charge in [0.1, 0.15) is 0 Å². The topological polar surface area (TPSA) is 85.8 Å². The maximum Gasteiger partial charge on any atom is 0.416 e. The molecule has 3 N–H and O–H groups in total. The van der Waals surface area contributed by atoms with Crippen LogP contribution in [-0.4, -0.2) is 20.4 Å². The highest BCUT2D eigenvalue weighted by Gasteiger charge is 2.69. The molecule has 1 amide bonds. The summed E-state index contributed by atoms with van der Waals surface area (Å²) in [5.74, 6) is -0.454. The van der Waals surface area contributed by atoms with Gasteiger partial charge in [0.05, 0.1) is 17.6 Å². The van der Waals surface area contributed by atoms with Crippen LogP contribution < -0.4 is 11.1 Å². The number of alkyl halides is 3. The summed E-state index contributed by atoms with van der Waals surface area (Å²) in [4.78, 5) is 22.7. The van der Waals surface area contributed by atoms with Crippen LogP contribution in [0.3, 0.4) is 0 Å². The monoisotopic (exact) mass is 523 g/mol. The first-order valence-electron chi connectivity index (χ1n) is 11.8. The van der Waals surface area contributed by atoms with Gasteiger partial charge in [0.25, 0.3) is 5.91 Å². The number of nitrogens with zero attached hydrogens (tertiary/aromatic N) is 3. The minimum Gasteiger partial charge on any atom is -0.375 e. The molecule has 2 aromatic heterocycles. The Hall–Kier alpha value is -3.66. The molecule has 4 aromatic rings. The standard InChI is InChI=1S/C27H24F3N5OS/c1-15-3-4-17(5-21(15)25-11-26(12-25,13-25)22-9-32-24(31)37-22)23(36)34-19-6-18(27(28,29)30)7-20(8-19)35-10-16(2)33-14-35/h3-10,14H,11-13H2,1-2H3,(H2,31,32)(H,34,36). The Bertz CT molecular complexity index is 1530. The maximum atomic E-state index is 13.6. The van der Waals surface area contributed by atoms with Gasteiger partial charge in [-0.25, -0.2) is 9.97 Å². The number of rotatable bonds is 5. The van der Waals surface area contributed by atoms with E-state index in [1.807, 2.05) is 25.3 Å². The molecule has 3 fully saturated rings. The third kappa shape index (κ3) is 3.90. The Labute approximate surface area is 215 Å². The summed E-state index contributed by atoms with van der Waals surface area (Å²) < 4.78 is 42.3. The lowest BCUT2D eigenvalue weighted by Crippen LogP contribution is -2.67. The van der Waals surface area contributed by atoms with Crippen LogP contribution in [0.5, 0.6) is 0 Å². The number of thiazole rings is 1. The lowest BCUT2D eigenvalue weighted by molar-refractivity contribution is -0.137. The van der Waals surface area contributed by atoms with Gasteiger partial charge in [-0.15, -0.1) is 11.3 Å². The van der Waals surface area contributed by atoms with Crippen molar-refractivity contribution in [2.45, 2.75) is 50.1 Å². The van der Waals surface area contributed by atoms with E-state index in [4.69, 9.17) is 5.73 Å². The molecule has 6 nitrogen and oxygen atoms in total. The van der Waals surface area contributed by atoms with Crippen LogP contribution in [0.4, 0.5) is 24.0 Å². The smallest absolute Gasteiger partial charge is 0.375 e. The highest BCUT2D eigenvalue weighted by molar-refractivity contribution is 7.15. The van der Waals surface area contributed by atoms with E-state index >= 15 is 0 Å². The van der Waals surface area contributed by atoms with Crippen LogP contribution in [0.1, 0.15) is 56.9 Å². The number of nitrogen functional groups attached to an aromatic ring is 1. The predicted octanol–water partition coefficient (Wildman–Crippen LogP) is 6.17. The summed E-state index contributed by atoms with van der Waals surface area (Å²) in [6, 6.07) is 9.01. The molecular weight excluding hydrogens is 499 g/mol. The molecular formula is C27H24F3N5OS. The van der Waals surface area contributed by atoms with E-state index in [-0.39, 0.29) is 22.2 Å².